The molecule has 0 fully saturated rings. The van der Waals surface area contributed by atoms with Gasteiger partial charge in [0.1, 0.15) is 5.01 Å². The summed E-state index contributed by atoms with van der Waals surface area (Å²) < 4.78 is 0. The lowest BCUT2D eigenvalue weighted by Gasteiger charge is -2.16. The first-order chi connectivity index (χ1) is 9.95. The number of hydrogen-bond acceptors (Lipinski definition) is 5. The summed E-state index contributed by atoms with van der Waals surface area (Å²) >= 11 is 1.65. The van der Waals surface area contributed by atoms with Crippen molar-refractivity contribution in [2.45, 2.75) is 33.2 Å². The van der Waals surface area contributed by atoms with Gasteiger partial charge in [0.15, 0.2) is 0 Å². The van der Waals surface area contributed by atoms with Crippen LogP contribution in [0.1, 0.15) is 37.4 Å². The zero-order valence-corrected chi connectivity index (χ0v) is 14.2. The minimum atomic E-state index is 0.223. The van der Waals surface area contributed by atoms with Gasteiger partial charge in [-0.15, -0.1) is 10.2 Å². The van der Waals surface area contributed by atoms with Crippen molar-refractivity contribution in [2.75, 3.05) is 24.3 Å². The van der Waals surface area contributed by atoms with Gasteiger partial charge in [-0.1, -0.05) is 37.3 Å². The van der Waals surface area contributed by atoms with Crippen LogP contribution >= 0.6 is 11.3 Å². The van der Waals surface area contributed by atoms with Crippen LogP contribution in [0.3, 0.4) is 0 Å². The van der Waals surface area contributed by atoms with E-state index in [2.05, 4.69) is 65.5 Å². The van der Waals surface area contributed by atoms with E-state index in [4.69, 9.17) is 0 Å². The average Bonchev–Trinajstić information content (AvgIpc) is 2.85. The summed E-state index contributed by atoms with van der Waals surface area (Å²) in [7, 11) is 4.10. The molecule has 5 heteroatoms. The summed E-state index contributed by atoms with van der Waals surface area (Å²) in [6, 6.07) is 8.81. The minimum absolute atomic E-state index is 0.223. The zero-order chi connectivity index (χ0) is 15.4. The summed E-state index contributed by atoms with van der Waals surface area (Å²) in [6.07, 6.45) is 0.991. The fourth-order valence-electron chi connectivity index (χ4n) is 2.07. The van der Waals surface area contributed by atoms with E-state index in [-0.39, 0.29) is 6.04 Å². The predicted molar refractivity (Wildman–Crippen MR) is 91.3 cm³/mol. The van der Waals surface area contributed by atoms with Crippen molar-refractivity contribution < 1.29 is 0 Å². The van der Waals surface area contributed by atoms with Crippen LogP contribution in [0.4, 0.5) is 10.8 Å². The summed E-state index contributed by atoms with van der Waals surface area (Å²) in [5.74, 6) is 0.613. The fourth-order valence-corrected chi connectivity index (χ4v) is 3.11. The fraction of sp³-hybridized carbons (Fsp3) is 0.500. The highest BCUT2D eigenvalue weighted by molar-refractivity contribution is 7.15. The Morgan fingerprint density at radius 3 is 2.33 bits per heavy atom. The number of nitrogens with one attached hydrogen (secondary N) is 1. The summed E-state index contributed by atoms with van der Waals surface area (Å²) in [6.45, 7) is 6.54. The maximum atomic E-state index is 4.24. The molecule has 1 aromatic heterocycles. The molecule has 1 aromatic carbocycles. The molecule has 114 valence electrons. The Hall–Kier alpha value is -1.62. The second-order valence-corrected chi connectivity index (χ2v) is 7.01. The quantitative estimate of drug-likeness (QED) is 0.876. The Kier molecular flexibility index (Phi) is 5.17. The standard InChI is InChI=1S/C16H24N4S/c1-11(2)10-15-18-19-16(21-15)17-12(3)13-6-8-14(9-7-13)20(4)5/h6-9,11-12H,10H2,1-5H3,(H,17,19). The normalized spacial score (nSPS) is 12.5. The molecule has 0 saturated heterocycles. The van der Waals surface area contributed by atoms with Gasteiger partial charge < -0.3 is 10.2 Å². The van der Waals surface area contributed by atoms with E-state index in [1.54, 1.807) is 11.3 Å². The molecule has 21 heavy (non-hydrogen) atoms. The van der Waals surface area contributed by atoms with Crippen LogP contribution in [-0.4, -0.2) is 24.3 Å². The molecule has 0 bridgehead atoms. The van der Waals surface area contributed by atoms with Crippen LogP contribution in [0.5, 0.6) is 0 Å². The van der Waals surface area contributed by atoms with E-state index < -0.39 is 0 Å². The first-order valence-electron chi connectivity index (χ1n) is 7.32. The highest BCUT2D eigenvalue weighted by Crippen LogP contribution is 2.24. The molecule has 0 aliphatic carbocycles. The molecule has 0 aliphatic rings. The second kappa shape index (κ2) is 6.89. The number of nitrogens with zero attached hydrogens (tertiary/aromatic N) is 3. The van der Waals surface area contributed by atoms with Crippen molar-refractivity contribution in [3.05, 3.63) is 34.8 Å². The van der Waals surface area contributed by atoms with Crippen molar-refractivity contribution in [2.24, 2.45) is 5.92 Å². The molecular weight excluding hydrogens is 280 g/mol. The number of rotatable bonds is 6. The van der Waals surface area contributed by atoms with Gasteiger partial charge in [0, 0.05) is 26.2 Å². The molecule has 0 amide bonds. The van der Waals surface area contributed by atoms with Gasteiger partial charge in [-0.05, 0) is 30.5 Å². The maximum absolute atomic E-state index is 4.24. The third kappa shape index (κ3) is 4.43. The van der Waals surface area contributed by atoms with Crippen LogP contribution in [0.15, 0.2) is 24.3 Å². The highest BCUT2D eigenvalue weighted by Gasteiger charge is 2.10. The Balaban J connectivity index is 2.00. The molecular formula is C16H24N4S. The first kappa shape index (κ1) is 15.8. The second-order valence-electron chi connectivity index (χ2n) is 5.95. The van der Waals surface area contributed by atoms with Gasteiger partial charge in [0.05, 0.1) is 6.04 Å². The SMILES string of the molecule is CC(C)Cc1nnc(NC(C)c2ccc(N(C)C)cc2)s1. The lowest BCUT2D eigenvalue weighted by Crippen LogP contribution is -2.10. The van der Waals surface area contributed by atoms with Gasteiger partial charge in [0.2, 0.25) is 5.13 Å². The topological polar surface area (TPSA) is 41.1 Å². The van der Waals surface area contributed by atoms with Crippen molar-refractivity contribution in [1.29, 1.82) is 0 Å². The maximum Gasteiger partial charge on any atom is 0.206 e. The molecule has 0 spiro atoms. The van der Waals surface area contributed by atoms with E-state index in [1.165, 1.54) is 11.3 Å². The van der Waals surface area contributed by atoms with E-state index in [0.717, 1.165) is 16.6 Å². The third-order valence-electron chi connectivity index (χ3n) is 3.30. The van der Waals surface area contributed by atoms with Crippen molar-refractivity contribution in [3.63, 3.8) is 0 Å². The number of anilines is 2. The molecule has 2 aromatic rings. The van der Waals surface area contributed by atoms with Gasteiger partial charge in [-0.25, -0.2) is 0 Å². The highest BCUT2D eigenvalue weighted by atomic mass is 32.1. The molecule has 1 unspecified atom stereocenters. The monoisotopic (exact) mass is 304 g/mol. The molecule has 4 nitrogen and oxygen atoms in total. The van der Waals surface area contributed by atoms with Crippen LogP contribution in [0.2, 0.25) is 0 Å². The van der Waals surface area contributed by atoms with E-state index >= 15 is 0 Å². The molecule has 1 heterocycles. The van der Waals surface area contributed by atoms with Crippen molar-refractivity contribution >= 4 is 22.2 Å². The largest absolute Gasteiger partial charge is 0.378 e. The summed E-state index contributed by atoms with van der Waals surface area (Å²) in [4.78, 5) is 2.10. The number of benzene rings is 1. The minimum Gasteiger partial charge on any atom is -0.378 e. The Morgan fingerprint density at radius 2 is 1.76 bits per heavy atom. The molecule has 0 saturated carbocycles. The van der Waals surface area contributed by atoms with Crippen LogP contribution in [0.25, 0.3) is 0 Å². The van der Waals surface area contributed by atoms with Gasteiger partial charge in [-0.2, -0.15) is 0 Å². The Bertz CT molecular complexity index is 560. The van der Waals surface area contributed by atoms with Crippen LogP contribution in [-0.2, 0) is 6.42 Å². The van der Waals surface area contributed by atoms with Crippen LogP contribution < -0.4 is 10.2 Å². The average molecular weight is 304 g/mol. The number of aromatic nitrogens is 2. The summed E-state index contributed by atoms with van der Waals surface area (Å²) in [5.41, 5.74) is 2.46. The Morgan fingerprint density at radius 1 is 1.10 bits per heavy atom. The lowest BCUT2D eigenvalue weighted by atomic mass is 10.1. The van der Waals surface area contributed by atoms with E-state index in [1.807, 2.05) is 14.1 Å². The van der Waals surface area contributed by atoms with E-state index in [0.29, 0.717) is 5.92 Å². The summed E-state index contributed by atoms with van der Waals surface area (Å²) in [5, 5.41) is 13.9. The Labute approximate surface area is 131 Å². The predicted octanol–water partition coefficient (Wildman–Crippen LogP) is 3.98. The van der Waals surface area contributed by atoms with E-state index in [9.17, 15) is 0 Å². The van der Waals surface area contributed by atoms with Crippen LogP contribution in [0, 0.1) is 5.92 Å². The molecule has 0 aliphatic heterocycles. The van der Waals surface area contributed by atoms with Gasteiger partial charge >= 0.3 is 0 Å². The molecule has 1 atom stereocenters. The third-order valence-corrected chi connectivity index (χ3v) is 4.18. The zero-order valence-electron chi connectivity index (χ0n) is 13.4. The number of hydrogen-bond donors (Lipinski definition) is 1. The smallest absolute Gasteiger partial charge is 0.206 e. The first-order valence-corrected chi connectivity index (χ1v) is 8.13. The van der Waals surface area contributed by atoms with Crippen molar-refractivity contribution in [1.82, 2.24) is 10.2 Å². The molecule has 1 N–H and O–H groups in total. The lowest BCUT2D eigenvalue weighted by molar-refractivity contribution is 0.640. The molecule has 2 rings (SSSR count). The van der Waals surface area contributed by atoms with Crippen molar-refractivity contribution in [3.8, 4) is 0 Å². The van der Waals surface area contributed by atoms with Gasteiger partial charge in [0.25, 0.3) is 0 Å². The molecule has 0 radical (unpaired) electrons. The van der Waals surface area contributed by atoms with Gasteiger partial charge in [-0.3, -0.25) is 0 Å².